The van der Waals surface area contributed by atoms with E-state index >= 15 is 0 Å². The Bertz CT molecular complexity index is 837. The number of ether oxygens (including phenoxy) is 2. The van der Waals surface area contributed by atoms with Crippen molar-refractivity contribution in [2.45, 2.75) is 45.8 Å². The highest BCUT2D eigenvalue weighted by Gasteiger charge is 2.27. The highest BCUT2D eigenvalue weighted by atomic mass is 79.9. The van der Waals surface area contributed by atoms with E-state index in [4.69, 9.17) is 21.1 Å². The van der Waals surface area contributed by atoms with Gasteiger partial charge in [0.1, 0.15) is 11.1 Å². The predicted molar refractivity (Wildman–Crippen MR) is 107 cm³/mol. The summed E-state index contributed by atoms with van der Waals surface area (Å²) in [5.74, 6) is 0.516. The molecule has 0 unspecified atom stereocenters. The van der Waals surface area contributed by atoms with E-state index < -0.39 is 5.60 Å². The molecule has 6 nitrogen and oxygen atoms in total. The van der Waals surface area contributed by atoms with E-state index in [0.29, 0.717) is 13.2 Å². The first-order chi connectivity index (χ1) is 12.2. The van der Waals surface area contributed by atoms with Crippen LogP contribution in [0.15, 0.2) is 4.47 Å². The Morgan fingerprint density at radius 2 is 2.19 bits per heavy atom. The molecule has 0 bridgehead atoms. The molecule has 0 aliphatic carbocycles. The van der Waals surface area contributed by atoms with Crippen LogP contribution >= 0.6 is 38.9 Å². The SMILES string of the molecule is C[C@@H]1COCCN1c1nc(Cl)nc2c(Br)c(CC(=O)OC(C)(C)C)sc12. The quantitative estimate of drug-likeness (QED) is 0.503. The van der Waals surface area contributed by atoms with Gasteiger partial charge in [0.05, 0.1) is 34.8 Å². The Kier molecular flexibility index (Phi) is 5.77. The smallest absolute Gasteiger partial charge is 0.311 e. The van der Waals surface area contributed by atoms with Crippen molar-refractivity contribution in [2.24, 2.45) is 0 Å². The number of thiophene rings is 1. The Balaban J connectivity index is 1.99. The van der Waals surface area contributed by atoms with Crippen LogP contribution in [0, 0.1) is 0 Å². The van der Waals surface area contributed by atoms with Gasteiger partial charge in [-0.3, -0.25) is 4.79 Å². The standard InChI is InChI=1S/C17H21BrClN3O3S/c1-9-8-24-6-5-22(9)15-14-13(20-16(19)21-15)12(18)10(26-14)7-11(23)25-17(2,3)4/h9H,5-8H2,1-4H3/t9-/m1/s1. The maximum atomic E-state index is 12.2. The van der Waals surface area contributed by atoms with Crippen LogP contribution < -0.4 is 4.90 Å². The van der Waals surface area contributed by atoms with Crippen LogP contribution in [-0.2, 0) is 20.7 Å². The van der Waals surface area contributed by atoms with Crippen LogP contribution in [0.3, 0.4) is 0 Å². The van der Waals surface area contributed by atoms with Gasteiger partial charge in [0.15, 0.2) is 5.82 Å². The van der Waals surface area contributed by atoms with Gasteiger partial charge >= 0.3 is 5.97 Å². The molecule has 1 aliphatic rings. The summed E-state index contributed by atoms with van der Waals surface area (Å²) in [5, 5.41) is 0.188. The minimum Gasteiger partial charge on any atom is -0.460 e. The van der Waals surface area contributed by atoms with E-state index in [1.54, 1.807) is 0 Å². The number of anilines is 1. The average Bonchev–Trinajstić information content (AvgIpc) is 2.82. The number of nitrogens with zero attached hydrogens (tertiary/aromatic N) is 3. The first-order valence-electron chi connectivity index (χ1n) is 8.36. The maximum absolute atomic E-state index is 12.2. The van der Waals surface area contributed by atoms with E-state index in [1.807, 2.05) is 20.8 Å². The second-order valence-corrected chi connectivity index (χ2v) is 9.45. The maximum Gasteiger partial charge on any atom is 0.311 e. The third-order valence-corrected chi connectivity index (χ3v) is 6.32. The lowest BCUT2D eigenvalue weighted by Crippen LogP contribution is -2.44. The lowest BCUT2D eigenvalue weighted by Gasteiger charge is -2.34. The number of halogens is 2. The predicted octanol–water partition coefficient (Wildman–Crippen LogP) is 4.22. The van der Waals surface area contributed by atoms with Gasteiger partial charge in [-0.15, -0.1) is 11.3 Å². The number of carbonyl (C=O) groups is 1. The molecular weight excluding hydrogens is 442 g/mol. The van der Waals surface area contributed by atoms with Crippen LogP contribution in [0.25, 0.3) is 10.2 Å². The van der Waals surface area contributed by atoms with Gasteiger partial charge < -0.3 is 14.4 Å². The van der Waals surface area contributed by atoms with Gasteiger partial charge in [0, 0.05) is 11.4 Å². The van der Waals surface area contributed by atoms with E-state index in [2.05, 4.69) is 37.7 Å². The molecule has 142 valence electrons. The number of rotatable bonds is 3. The largest absolute Gasteiger partial charge is 0.460 e. The van der Waals surface area contributed by atoms with Gasteiger partial charge in [-0.25, -0.2) is 4.98 Å². The van der Waals surface area contributed by atoms with E-state index in [1.165, 1.54) is 11.3 Å². The Morgan fingerprint density at radius 3 is 2.85 bits per heavy atom. The molecular formula is C17H21BrClN3O3S. The number of aromatic nitrogens is 2. The molecule has 0 radical (unpaired) electrons. The van der Waals surface area contributed by atoms with Crippen molar-refractivity contribution in [2.75, 3.05) is 24.7 Å². The molecule has 2 aromatic rings. The Morgan fingerprint density at radius 1 is 1.46 bits per heavy atom. The number of esters is 1. The second-order valence-electron chi connectivity index (χ2n) is 7.21. The van der Waals surface area contributed by atoms with Crippen molar-refractivity contribution in [3.8, 4) is 0 Å². The van der Waals surface area contributed by atoms with Crippen molar-refractivity contribution < 1.29 is 14.3 Å². The number of carbonyl (C=O) groups excluding carboxylic acids is 1. The molecule has 2 aromatic heterocycles. The summed E-state index contributed by atoms with van der Waals surface area (Å²) in [6, 6.07) is 0.188. The van der Waals surface area contributed by atoms with E-state index in [-0.39, 0.29) is 23.7 Å². The number of fused-ring (bicyclic) bond motifs is 1. The van der Waals surface area contributed by atoms with Crippen molar-refractivity contribution >= 4 is 60.9 Å². The Labute approximate surface area is 170 Å². The summed E-state index contributed by atoms with van der Waals surface area (Å²) in [4.78, 5) is 24.1. The zero-order chi connectivity index (χ0) is 19.1. The molecule has 3 rings (SSSR count). The number of morpholine rings is 1. The summed E-state index contributed by atoms with van der Waals surface area (Å²) >= 11 is 11.3. The topological polar surface area (TPSA) is 64.5 Å². The molecule has 0 spiro atoms. The molecule has 9 heteroatoms. The van der Waals surface area contributed by atoms with Gasteiger partial charge in [-0.2, -0.15) is 4.98 Å². The normalized spacial score (nSPS) is 18.4. The first-order valence-corrected chi connectivity index (χ1v) is 10.3. The highest BCUT2D eigenvalue weighted by Crippen LogP contribution is 2.40. The van der Waals surface area contributed by atoms with Gasteiger partial charge in [-0.1, -0.05) is 0 Å². The van der Waals surface area contributed by atoms with Crippen LogP contribution in [0.1, 0.15) is 32.6 Å². The molecule has 0 aromatic carbocycles. The van der Waals surface area contributed by atoms with Crippen LogP contribution in [0.5, 0.6) is 0 Å². The summed E-state index contributed by atoms with van der Waals surface area (Å²) < 4.78 is 12.6. The molecule has 26 heavy (non-hydrogen) atoms. The van der Waals surface area contributed by atoms with Gasteiger partial charge in [0.25, 0.3) is 0 Å². The molecule has 1 saturated heterocycles. The Hall–Kier alpha value is -0.960. The third-order valence-electron chi connectivity index (χ3n) is 3.86. The molecule has 1 aliphatic heterocycles. The molecule has 1 fully saturated rings. The molecule has 0 N–H and O–H groups in total. The summed E-state index contributed by atoms with van der Waals surface area (Å²) in [6.45, 7) is 9.67. The first kappa shape index (κ1) is 19.8. The average molecular weight is 463 g/mol. The van der Waals surface area contributed by atoms with Crippen molar-refractivity contribution in [3.05, 3.63) is 14.6 Å². The van der Waals surface area contributed by atoms with Crippen LogP contribution in [0.2, 0.25) is 5.28 Å². The number of hydrogen-bond donors (Lipinski definition) is 0. The summed E-state index contributed by atoms with van der Waals surface area (Å²) in [5.41, 5.74) is 0.208. The van der Waals surface area contributed by atoms with Gasteiger partial charge in [0.2, 0.25) is 5.28 Å². The second kappa shape index (κ2) is 7.58. The fourth-order valence-corrected chi connectivity index (χ4v) is 4.90. The fraction of sp³-hybridized carbons (Fsp3) is 0.588. The van der Waals surface area contributed by atoms with Crippen molar-refractivity contribution in [1.82, 2.24) is 9.97 Å². The van der Waals surface area contributed by atoms with Crippen molar-refractivity contribution in [1.29, 1.82) is 0 Å². The minimum absolute atomic E-state index is 0.175. The minimum atomic E-state index is -0.516. The molecule has 3 heterocycles. The van der Waals surface area contributed by atoms with Gasteiger partial charge in [-0.05, 0) is 55.2 Å². The van der Waals surface area contributed by atoms with Crippen molar-refractivity contribution in [3.63, 3.8) is 0 Å². The summed E-state index contributed by atoms with van der Waals surface area (Å²) in [7, 11) is 0. The zero-order valence-corrected chi connectivity index (χ0v) is 18.3. The monoisotopic (exact) mass is 461 g/mol. The molecule has 0 amide bonds. The van der Waals surface area contributed by atoms with Crippen LogP contribution in [0.4, 0.5) is 5.82 Å². The van der Waals surface area contributed by atoms with E-state index in [9.17, 15) is 4.79 Å². The highest BCUT2D eigenvalue weighted by molar-refractivity contribution is 9.10. The third kappa shape index (κ3) is 4.30. The summed E-state index contributed by atoms with van der Waals surface area (Å²) in [6.07, 6.45) is 0.175. The molecule has 0 saturated carbocycles. The zero-order valence-electron chi connectivity index (χ0n) is 15.1. The van der Waals surface area contributed by atoms with Crippen LogP contribution in [-0.4, -0.2) is 47.3 Å². The molecule has 1 atom stereocenters. The fourth-order valence-electron chi connectivity index (χ4n) is 2.81. The number of hydrogen-bond acceptors (Lipinski definition) is 7. The lowest BCUT2D eigenvalue weighted by molar-refractivity contribution is -0.153. The lowest BCUT2D eigenvalue weighted by atomic mass is 10.2. The van der Waals surface area contributed by atoms with E-state index in [0.717, 1.165) is 31.9 Å².